The molecular weight excluding hydrogens is 304 g/mol. The van der Waals surface area contributed by atoms with E-state index in [1.54, 1.807) is 0 Å². The molecule has 0 aromatic heterocycles. The fourth-order valence-electron chi connectivity index (χ4n) is 6.35. The van der Waals surface area contributed by atoms with E-state index in [1.807, 2.05) is 0 Å². The van der Waals surface area contributed by atoms with E-state index in [0.717, 1.165) is 29.7 Å². The van der Waals surface area contributed by atoms with E-state index < -0.39 is 0 Å². The van der Waals surface area contributed by atoms with Gasteiger partial charge in [0.2, 0.25) is 0 Å². The number of hydrogen-bond acceptors (Lipinski definition) is 1. The van der Waals surface area contributed by atoms with E-state index in [-0.39, 0.29) is 0 Å². The summed E-state index contributed by atoms with van der Waals surface area (Å²) in [6, 6.07) is 7.79. The molecule has 4 bridgehead atoms. The zero-order valence-corrected chi connectivity index (χ0v) is 16.4. The van der Waals surface area contributed by atoms with Crippen molar-refractivity contribution >= 4 is 5.78 Å². The highest BCUT2D eigenvalue weighted by Crippen LogP contribution is 2.61. The lowest BCUT2D eigenvalue weighted by Crippen LogP contribution is -2.46. The van der Waals surface area contributed by atoms with Crippen molar-refractivity contribution in [3.05, 3.63) is 34.9 Å². The normalized spacial score (nSPS) is 33.4. The summed E-state index contributed by atoms with van der Waals surface area (Å²) in [4.78, 5) is 13.3. The molecule has 4 saturated carbocycles. The van der Waals surface area contributed by atoms with Crippen molar-refractivity contribution in [2.24, 2.45) is 23.2 Å². The molecule has 0 aliphatic heterocycles. The van der Waals surface area contributed by atoms with Crippen LogP contribution >= 0.6 is 0 Å². The maximum absolute atomic E-state index is 13.3. The fraction of sp³-hybridized carbons (Fsp3) is 0.708. The molecule has 0 heterocycles. The Morgan fingerprint density at radius 3 is 1.80 bits per heavy atom. The highest BCUT2D eigenvalue weighted by atomic mass is 16.1. The van der Waals surface area contributed by atoms with Crippen molar-refractivity contribution in [3.63, 3.8) is 0 Å². The fourth-order valence-corrected chi connectivity index (χ4v) is 6.35. The van der Waals surface area contributed by atoms with Gasteiger partial charge in [0.15, 0.2) is 5.78 Å². The van der Waals surface area contributed by atoms with Crippen LogP contribution in [0, 0.1) is 29.2 Å². The Labute approximate surface area is 153 Å². The molecule has 1 heteroatoms. The third kappa shape index (κ3) is 3.32. The van der Waals surface area contributed by atoms with Gasteiger partial charge in [0.05, 0.1) is 0 Å². The van der Waals surface area contributed by atoms with Crippen molar-refractivity contribution in [2.75, 3.05) is 0 Å². The molecule has 5 rings (SSSR count). The lowest BCUT2D eigenvalue weighted by atomic mass is 9.48. The molecule has 0 unspecified atom stereocenters. The van der Waals surface area contributed by atoms with Crippen LogP contribution in [0.1, 0.15) is 106 Å². The molecule has 0 amide bonds. The molecule has 0 spiro atoms. The number of benzene rings is 1. The summed E-state index contributed by atoms with van der Waals surface area (Å²) >= 11 is 0. The summed E-state index contributed by atoms with van der Waals surface area (Å²) in [6.45, 7) is 8.79. The number of carbonyl (C=O) groups is 1. The molecule has 0 N–H and O–H groups in total. The molecule has 0 atom stereocenters. The molecule has 1 radical (unpaired) electrons. The van der Waals surface area contributed by atoms with Gasteiger partial charge in [-0.15, -0.1) is 0 Å². The first kappa shape index (κ1) is 17.3. The standard InChI is InChI=1S/C24H33O/c1-15(2)20-8-21(16(3)4)10-22(9-20)23(25)14-24-11-17-5-18(12-24)7-19(6-17)13-24/h9-10,15-19H,5-7,11-14H2,1-4H3. The zero-order valence-electron chi connectivity index (χ0n) is 16.4. The first-order valence-corrected chi connectivity index (χ1v) is 10.4. The lowest BCUT2D eigenvalue weighted by molar-refractivity contribution is -0.0524. The van der Waals surface area contributed by atoms with Crippen LogP contribution in [0.25, 0.3) is 0 Å². The minimum absolute atomic E-state index is 0.335. The van der Waals surface area contributed by atoms with Crippen molar-refractivity contribution < 1.29 is 4.79 Å². The zero-order chi connectivity index (χ0) is 17.8. The number of rotatable bonds is 5. The third-order valence-electron chi connectivity index (χ3n) is 7.18. The van der Waals surface area contributed by atoms with E-state index in [0.29, 0.717) is 23.0 Å². The van der Waals surface area contributed by atoms with Gasteiger partial charge in [-0.3, -0.25) is 4.79 Å². The van der Waals surface area contributed by atoms with Gasteiger partial charge in [0, 0.05) is 12.0 Å². The predicted octanol–water partition coefficient (Wildman–Crippen LogP) is 6.52. The smallest absolute Gasteiger partial charge is 0.163 e. The lowest BCUT2D eigenvalue weighted by Gasteiger charge is -2.56. The van der Waals surface area contributed by atoms with E-state index in [9.17, 15) is 4.79 Å². The van der Waals surface area contributed by atoms with Crippen LogP contribution in [-0.2, 0) is 0 Å². The van der Waals surface area contributed by atoms with Crippen molar-refractivity contribution in [2.45, 2.75) is 84.5 Å². The van der Waals surface area contributed by atoms with Gasteiger partial charge in [-0.05, 0) is 103 Å². The monoisotopic (exact) mass is 337 g/mol. The number of Topliss-reactive ketones (excluding diaryl/α,β-unsaturated/α-hetero) is 1. The summed E-state index contributed by atoms with van der Waals surface area (Å²) < 4.78 is 0. The van der Waals surface area contributed by atoms with Gasteiger partial charge in [0.25, 0.3) is 0 Å². The number of ketones is 1. The average Bonchev–Trinajstić information content (AvgIpc) is 2.52. The maximum atomic E-state index is 13.3. The van der Waals surface area contributed by atoms with Crippen LogP contribution in [0.15, 0.2) is 12.1 Å². The summed E-state index contributed by atoms with van der Waals surface area (Å²) in [7, 11) is 0. The Hall–Kier alpha value is -1.11. The van der Waals surface area contributed by atoms with Crippen molar-refractivity contribution in [1.29, 1.82) is 0 Å². The minimum Gasteiger partial charge on any atom is -0.294 e. The van der Waals surface area contributed by atoms with Crippen LogP contribution < -0.4 is 0 Å². The minimum atomic E-state index is 0.335. The largest absolute Gasteiger partial charge is 0.294 e. The van der Waals surface area contributed by atoms with Gasteiger partial charge >= 0.3 is 0 Å². The summed E-state index contributed by atoms with van der Waals surface area (Å²) in [5.41, 5.74) is 3.67. The Morgan fingerprint density at radius 1 is 0.960 bits per heavy atom. The van der Waals surface area contributed by atoms with Gasteiger partial charge in [-0.1, -0.05) is 27.7 Å². The van der Waals surface area contributed by atoms with Crippen LogP contribution in [0.3, 0.4) is 0 Å². The second-order valence-electron chi connectivity index (χ2n) is 10.1. The van der Waals surface area contributed by atoms with Crippen LogP contribution in [-0.4, -0.2) is 5.78 Å². The Bertz CT molecular complexity index is 605. The molecule has 4 fully saturated rings. The highest BCUT2D eigenvalue weighted by molar-refractivity contribution is 5.97. The molecule has 1 aromatic rings. The van der Waals surface area contributed by atoms with Gasteiger partial charge < -0.3 is 0 Å². The van der Waals surface area contributed by atoms with E-state index in [1.165, 1.54) is 49.7 Å². The van der Waals surface area contributed by atoms with E-state index in [4.69, 9.17) is 0 Å². The van der Waals surface area contributed by atoms with Gasteiger partial charge in [-0.2, -0.15) is 0 Å². The van der Waals surface area contributed by atoms with Gasteiger partial charge in [-0.25, -0.2) is 0 Å². The first-order valence-electron chi connectivity index (χ1n) is 10.4. The van der Waals surface area contributed by atoms with Crippen LogP contribution in [0.5, 0.6) is 0 Å². The molecule has 135 valence electrons. The quantitative estimate of drug-likeness (QED) is 0.559. The maximum Gasteiger partial charge on any atom is 0.163 e. The average molecular weight is 338 g/mol. The van der Waals surface area contributed by atoms with Crippen molar-refractivity contribution in [1.82, 2.24) is 0 Å². The second-order valence-corrected chi connectivity index (χ2v) is 10.1. The Kier molecular flexibility index (Phi) is 4.33. The molecule has 0 saturated heterocycles. The predicted molar refractivity (Wildman–Crippen MR) is 103 cm³/mol. The Morgan fingerprint density at radius 2 is 1.40 bits per heavy atom. The van der Waals surface area contributed by atoms with Gasteiger partial charge in [0.1, 0.15) is 0 Å². The topological polar surface area (TPSA) is 17.1 Å². The highest BCUT2D eigenvalue weighted by Gasteiger charge is 2.51. The summed E-state index contributed by atoms with van der Waals surface area (Å²) in [5.74, 6) is 3.98. The molecule has 25 heavy (non-hydrogen) atoms. The van der Waals surface area contributed by atoms with Crippen molar-refractivity contribution in [3.8, 4) is 0 Å². The molecular formula is C24H33O. The number of hydrogen-bond donors (Lipinski definition) is 0. The SMILES string of the molecule is CC(C)c1[c]c(C(C)C)cc(C(=O)CC23CC4CC(CC(C4)C2)C3)c1. The second kappa shape index (κ2) is 6.25. The van der Waals surface area contributed by atoms with Crippen LogP contribution in [0.2, 0.25) is 0 Å². The van der Waals surface area contributed by atoms with E-state index >= 15 is 0 Å². The van der Waals surface area contributed by atoms with E-state index in [2.05, 4.69) is 45.9 Å². The van der Waals surface area contributed by atoms with Crippen LogP contribution in [0.4, 0.5) is 0 Å². The molecule has 4 aliphatic carbocycles. The summed E-state index contributed by atoms with van der Waals surface area (Å²) in [6.07, 6.45) is 9.08. The molecule has 1 nitrogen and oxygen atoms in total. The molecule has 1 aromatic carbocycles. The summed E-state index contributed by atoms with van der Waals surface area (Å²) in [5, 5.41) is 0. The third-order valence-corrected chi connectivity index (χ3v) is 7.18. The molecule has 4 aliphatic rings. The first-order chi connectivity index (χ1) is 11.8. The number of carbonyl (C=O) groups excluding carboxylic acids is 1. The Balaban J connectivity index is 1.59.